The minimum atomic E-state index is 0.00119. The number of carbonyl (C=O) groups is 1. The Kier molecular flexibility index (Phi) is 4.74. The average molecular weight is 323 g/mol. The minimum absolute atomic E-state index is 0.00119. The molecule has 2 nitrogen and oxygen atoms in total. The van der Waals surface area contributed by atoms with E-state index in [1.807, 2.05) is 54.6 Å². The molecule has 0 fully saturated rings. The predicted octanol–water partition coefficient (Wildman–Crippen LogP) is 5.45. The number of hydrogen-bond acceptors (Lipinski definition) is 2. The predicted molar refractivity (Wildman–Crippen MR) is 92.4 cm³/mol. The number of alkyl halides is 1. The van der Waals surface area contributed by atoms with Gasteiger partial charge in [0.1, 0.15) is 11.5 Å². The summed E-state index contributed by atoms with van der Waals surface area (Å²) in [5.41, 5.74) is 2.31. The zero-order valence-electron chi connectivity index (χ0n) is 12.4. The summed E-state index contributed by atoms with van der Waals surface area (Å²) in [6.45, 7) is 0. The lowest BCUT2D eigenvalue weighted by atomic mass is 10.0. The summed E-state index contributed by atoms with van der Waals surface area (Å²) in [6.07, 6.45) is 0. The molecule has 0 saturated heterocycles. The zero-order valence-corrected chi connectivity index (χ0v) is 13.2. The second-order valence-electron chi connectivity index (χ2n) is 5.10. The SMILES string of the molecule is O=C(c1ccccc1)c1ccc(Oc2cccc(CCl)c2)cc1. The van der Waals surface area contributed by atoms with Crippen molar-refractivity contribution in [3.05, 3.63) is 95.6 Å². The summed E-state index contributed by atoms with van der Waals surface area (Å²) >= 11 is 5.82. The Bertz CT molecular complexity index is 795. The number of halogens is 1. The van der Waals surface area contributed by atoms with E-state index in [-0.39, 0.29) is 5.78 Å². The van der Waals surface area contributed by atoms with Crippen molar-refractivity contribution < 1.29 is 9.53 Å². The average Bonchev–Trinajstić information content (AvgIpc) is 2.63. The number of rotatable bonds is 5. The molecule has 114 valence electrons. The first kappa shape index (κ1) is 15.3. The Labute approximate surface area is 140 Å². The molecule has 0 saturated carbocycles. The van der Waals surface area contributed by atoms with Gasteiger partial charge in [0, 0.05) is 17.0 Å². The highest BCUT2D eigenvalue weighted by molar-refractivity contribution is 6.17. The van der Waals surface area contributed by atoms with Crippen LogP contribution in [0.5, 0.6) is 11.5 Å². The van der Waals surface area contributed by atoms with E-state index in [0.29, 0.717) is 22.8 Å². The van der Waals surface area contributed by atoms with Crippen LogP contribution in [0.3, 0.4) is 0 Å². The van der Waals surface area contributed by atoms with Gasteiger partial charge >= 0.3 is 0 Å². The van der Waals surface area contributed by atoms with E-state index < -0.39 is 0 Å². The highest BCUT2D eigenvalue weighted by Gasteiger charge is 2.08. The lowest BCUT2D eigenvalue weighted by Crippen LogP contribution is -2.00. The number of ketones is 1. The van der Waals surface area contributed by atoms with E-state index >= 15 is 0 Å². The third kappa shape index (κ3) is 3.79. The van der Waals surface area contributed by atoms with Crippen LogP contribution < -0.4 is 4.74 Å². The maximum absolute atomic E-state index is 12.3. The monoisotopic (exact) mass is 322 g/mol. The highest BCUT2D eigenvalue weighted by Crippen LogP contribution is 2.23. The van der Waals surface area contributed by atoms with Crippen LogP contribution in [-0.4, -0.2) is 5.78 Å². The zero-order chi connectivity index (χ0) is 16.1. The van der Waals surface area contributed by atoms with Gasteiger partial charge in [0.25, 0.3) is 0 Å². The van der Waals surface area contributed by atoms with Gasteiger partial charge in [-0.15, -0.1) is 11.6 Å². The van der Waals surface area contributed by atoms with Crippen LogP contribution in [0.4, 0.5) is 0 Å². The molecule has 0 heterocycles. The fourth-order valence-corrected chi connectivity index (χ4v) is 2.42. The molecule has 3 heteroatoms. The summed E-state index contributed by atoms with van der Waals surface area (Å²) in [6, 6.07) is 24.0. The molecule has 0 N–H and O–H groups in total. The van der Waals surface area contributed by atoms with Gasteiger partial charge in [-0.25, -0.2) is 0 Å². The van der Waals surface area contributed by atoms with Crippen LogP contribution in [0.1, 0.15) is 21.5 Å². The molecule has 0 bridgehead atoms. The van der Waals surface area contributed by atoms with Crippen molar-refractivity contribution in [2.24, 2.45) is 0 Å². The first-order valence-electron chi connectivity index (χ1n) is 7.29. The number of carbonyl (C=O) groups excluding carboxylic acids is 1. The maximum atomic E-state index is 12.3. The Balaban J connectivity index is 1.75. The number of benzene rings is 3. The first-order chi connectivity index (χ1) is 11.3. The van der Waals surface area contributed by atoms with Crippen LogP contribution in [0.15, 0.2) is 78.9 Å². The quantitative estimate of drug-likeness (QED) is 0.461. The Morgan fingerprint density at radius 1 is 0.783 bits per heavy atom. The van der Waals surface area contributed by atoms with E-state index in [2.05, 4.69) is 0 Å². The van der Waals surface area contributed by atoms with Gasteiger partial charge in [0.05, 0.1) is 0 Å². The molecule has 0 radical (unpaired) electrons. The Morgan fingerprint density at radius 2 is 1.48 bits per heavy atom. The van der Waals surface area contributed by atoms with Gasteiger partial charge in [-0.1, -0.05) is 42.5 Å². The fraction of sp³-hybridized carbons (Fsp3) is 0.0500. The molecule has 0 aliphatic rings. The van der Waals surface area contributed by atoms with Gasteiger partial charge in [0.15, 0.2) is 5.78 Å². The van der Waals surface area contributed by atoms with Crippen molar-refractivity contribution in [2.75, 3.05) is 0 Å². The van der Waals surface area contributed by atoms with Crippen molar-refractivity contribution in [2.45, 2.75) is 5.88 Å². The van der Waals surface area contributed by atoms with Crippen molar-refractivity contribution >= 4 is 17.4 Å². The number of ether oxygens (including phenoxy) is 1. The molecular formula is C20H15ClO2. The molecule has 3 aromatic rings. The van der Waals surface area contributed by atoms with Crippen LogP contribution >= 0.6 is 11.6 Å². The Morgan fingerprint density at radius 3 is 2.17 bits per heavy atom. The van der Waals surface area contributed by atoms with Gasteiger partial charge in [0.2, 0.25) is 0 Å². The second kappa shape index (κ2) is 7.12. The van der Waals surface area contributed by atoms with Gasteiger partial charge in [-0.05, 0) is 42.0 Å². The standard InChI is InChI=1S/C20H15ClO2/c21-14-15-5-4-8-19(13-15)23-18-11-9-17(10-12-18)20(22)16-6-2-1-3-7-16/h1-13H,14H2. The first-order valence-corrected chi connectivity index (χ1v) is 7.82. The third-order valence-electron chi connectivity index (χ3n) is 3.44. The van der Waals surface area contributed by atoms with Crippen LogP contribution in [-0.2, 0) is 5.88 Å². The van der Waals surface area contributed by atoms with Crippen molar-refractivity contribution in [3.8, 4) is 11.5 Å². The van der Waals surface area contributed by atoms with E-state index in [0.717, 1.165) is 11.3 Å². The summed E-state index contributed by atoms with van der Waals surface area (Å²) in [5, 5.41) is 0. The van der Waals surface area contributed by atoms with Crippen molar-refractivity contribution in [3.63, 3.8) is 0 Å². The number of hydrogen-bond donors (Lipinski definition) is 0. The largest absolute Gasteiger partial charge is 0.457 e. The van der Waals surface area contributed by atoms with Gasteiger partial charge in [-0.3, -0.25) is 4.79 Å². The highest BCUT2D eigenvalue weighted by atomic mass is 35.5. The molecule has 0 unspecified atom stereocenters. The van der Waals surface area contributed by atoms with E-state index in [1.54, 1.807) is 24.3 Å². The van der Waals surface area contributed by atoms with Crippen LogP contribution in [0.2, 0.25) is 0 Å². The van der Waals surface area contributed by atoms with Crippen LogP contribution in [0, 0.1) is 0 Å². The lowest BCUT2D eigenvalue weighted by Gasteiger charge is -2.07. The van der Waals surface area contributed by atoms with E-state index in [4.69, 9.17) is 16.3 Å². The molecule has 23 heavy (non-hydrogen) atoms. The normalized spacial score (nSPS) is 10.3. The van der Waals surface area contributed by atoms with E-state index in [1.165, 1.54) is 0 Å². The van der Waals surface area contributed by atoms with Gasteiger partial charge in [-0.2, -0.15) is 0 Å². The lowest BCUT2D eigenvalue weighted by molar-refractivity contribution is 0.103. The minimum Gasteiger partial charge on any atom is -0.457 e. The molecule has 0 aliphatic carbocycles. The molecule has 0 spiro atoms. The maximum Gasteiger partial charge on any atom is 0.193 e. The van der Waals surface area contributed by atoms with Crippen molar-refractivity contribution in [1.29, 1.82) is 0 Å². The Hall–Kier alpha value is -2.58. The smallest absolute Gasteiger partial charge is 0.193 e. The molecule has 0 aliphatic heterocycles. The second-order valence-corrected chi connectivity index (χ2v) is 5.37. The van der Waals surface area contributed by atoms with Gasteiger partial charge < -0.3 is 4.74 Å². The van der Waals surface area contributed by atoms with Crippen LogP contribution in [0.25, 0.3) is 0 Å². The van der Waals surface area contributed by atoms with Crippen molar-refractivity contribution in [1.82, 2.24) is 0 Å². The molecule has 0 atom stereocenters. The molecule has 3 rings (SSSR count). The molecule has 0 aromatic heterocycles. The molecular weight excluding hydrogens is 308 g/mol. The third-order valence-corrected chi connectivity index (χ3v) is 3.75. The summed E-state index contributed by atoms with van der Waals surface area (Å²) < 4.78 is 5.79. The summed E-state index contributed by atoms with van der Waals surface area (Å²) in [5.74, 6) is 1.86. The molecule has 0 amide bonds. The molecule has 3 aromatic carbocycles. The fourth-order valence-electron chi connectivity index (χ4n) is 2.26. The summed E-state index contributed by atoms with van der Waals surface area (Å²) in [4.78, 5) is 12.3. The summed E-state index contributed by atoms with van der Waals surface area (Å²) in [7, 11) is 0. The van der Waals surface area contributed by atoms with E-state index in [9.17, 15) is 4.79 Å². The topological polar surface area (TPSA) is 26.3 Å².